The summed E-state index contributed by atoms with van der Waals surface area (Å²) in [5.41, 5.74) is 6.34. The molecule has 1 heterocycles. The van der Waals surface area contributed by atoms with Crippen LogP contribution in [0.5, 0.6) is 0 Å². The molecule has 0 radical (unpaired) electrons. The molecule has 2 atom stereocenters. The van der Waals surface area contributed by atoms with E-state index in [9.17, 15) is 9.18 Å². The third-order valence-corrected chi connectivity index (χ3v) is 6.35. The SMILES string of the molecule is CC1=CNC2=C(C(=O)CC(C3=CCC=C(CCl)C=C3)C2)C1c1ccc(C)cc1F. The number of rotatable bonds is 3. The van der Waals surface area contributed by atoms with Crippen LogP contribution in [0.15, 0.2) is 76.7 Å². The average molecular weight is 410 g/mol. The lowest BCUT2D eigenvalue weighted by molar-refractivity contribution is -0.117. The number of nitrogens with one attached hydrogen (secondary N) is 1. The predicted octanol–water partition coefficient (Wildman–Crippen LogP) is 6.01. The first-order valence-corrected chi connectivity index (χ1v) is 10.6. The van der Waals surface area contributed by atoms with Gasteiger partial charge >= 0.3 is 0 Å². The van der Waals surface area contributed by atoms with Crippen molar-refractivity contribution in [2.45, 2.75) is 39.0 Å². The highest BCUT2D eigenvalue weighted by molar-refractivity contribution is 6.19. The molecule has 0 saturated carbocycles. The normalized spacial score (nSPS) is 24.3. The van der Waals surface area contributed by atoms with Crippen molar-refractivity contribution in [2.24, 2.45) is 5.92 Å². The fourth-order valence-electron chi connectivity index (χ4n) is 4.50. The van der Waals surface area contributed by atoms with E-state index in [4.69, 9.17) is 11.6 Å². The van der Waals surface area contributed by atoms with Crippen LogP contribution in [0, 0.1) is 18.7 Å². The van der Waals surface area contributed by atoms with Crippen LogP contribution in [0.2, 0.25) is 0 Å². The van der Waals surface area contributed by atoms with Crippen molar-refractivity contribution in [1.29, 1.82) is 0 Å². The molecule has 0 fully saturated rings. The lowest BCUT2D eigenvalue weighted by Crippen LogP contribution is -2.32. The molecule has 2 unspecified atom stereocenters. The Hall–Kier alpha value is -2.39. The summed E-state index contributed by atoms with van der Waals surface area (Å²) < 4.78 is 14.8. The van der Waals surface area contributed by atoms with Gasteiger partial charge in [-0.2, -0.15) is 0 Å². The number of hydrogen-bond acceptors (Lipinski definition) is 2. The van der Waals surface area contributed by atoms with Gasteiger partial charge in [0.25, 0.3) is 0 Å². The van der Waals surface area contributed by atoms with Crippen LogP contribution in [0.3, 0.4) is 0 Å². The molecule has 1 aromatic carbocycles. The van der Waals surface area contributed by atoms with Crippen molar-refractivity contribution < 1.29 is 9.18 Å². The number of ketones is 1. The van der Waals surface area contributed by atoms with Crippen LogP contribution in [0.25, 0.3) is 0 Å². The zero-order chi connectivity index (χ0) is 20.5. The first kappa shape index (κ1) is 19.9. The number of carbonyl (C=O) groups is 1. The molecule has 2 nitrogen and oxygen atoms in total. The second kappa shape index (κ2) is 8.16. The fourth-order valence-corrected chi connectivity index (χ4v) is 4.70. The molecule has 4 heteroatoms. The molecule has 150 valence electrons. The Bertz CT molecular complexity index is 1010. The van der Waals surface area contributed by atoms with Crippen LogP contribution >= 0.6 is 11.6 Å². The zero-order valence-corrected chi connectivity index (χ0v) is 17.5. The van der Waals surface area contributed by atoms with Gasteiger partial charge in [0.15, 0.2) is 5.78 Å². The Morgan fingerprint density at radius 3 is 2.76 bits per heavy atom. The molecule has 0 saturated heterocycles. The second-order valence-corrected chi connectivity index (χ2v) is 8.36. The fraction of sp³-hybridized carbons (Fsp3) is 0.320. The zero-order valence-electron chi connectivity index (χ0n) is 16.8. The van der Waals surface area contributed by atoms with Crippen molar-refractivity contribution in [2.75, 3.05) is 5.88 Å². The monoisotopic (exact) mass is 409 g/mol. The maximum atomic E-state index is 14.8. The summed E-state index contributed by atoms with van der Waals surface area (Å²) in [7, 11) is 0. The smallest absolute Gasteiger partial charge is 0.162 e. The summed E-state index contributed by atoms with van der Waals surface area (Å²) in [5, 5.41) is 3.33. The van der Waals surface area contributed by atoms with E-state index in [2.05, 4.69) is 23.5 Å². The third-order valence-electron chi connectivity index (χ3n) is 6.04. The van der Waals surface area contributed by atoms with Gasteiger partial charge in [-0.15, -0.1) is 11.6 Å². The molecule has 0 spiro atoms. The van der Waals surface area contributed by atoms with Crippen LogP contribution < -0.4 is 5.32 Å². The molecule has 29 heavy (non-hydrogen) atoms. The highest BCUT2D eigenvalue weighted by atomic mass is 35.5. The van der Waals surface area contributed by atoms with Crippen LogP contribution in [0.1, 0.15) is 43.2 Å². The topological polar surface area (TPSA) is 29.1 Å². The quantitative estimate of drug-likeness (QED) is 0.619. The molecule has 4 rings (SSSR count). The summed E-state index contributed by atoms with van der Waals surface area (Å²) in [6.45, 7) is 3.83. The third kappa shape index (κ3) is 3.89. The Morgan fingerprint density at radius 2 is 2.00 bits per heavy atom. The number of aryl methyl sites for hydroxylation is 1. The van der Waals surface area contributed by atoms with E-state index in [1.165, 1.54) is 5.57 Å². The lowest BCUT2D eigenvalue weighted by Gasteiger charge is -2.35. The number of benzene rings is 1. The molecule has 0 amide bonds. The van der Waals surface area contributed by atoms with Gasteiger partial charge in [-0.3, -0.25) is 4.79 Å². The van der Waals surface area contributed by atoms with E-state index in [-0.39, 0.29) is 23.4 Å². The maximum Gasteiger partial charge on any atom is 0.162 e. The Balaban J connectivity index is 1.67. The highest BCUT2D eigenvalue weighted by Crippen LogP contribution is 2.43. The van der Waals surface area contributed by atoms with Gasteiger partial charge in [0.05, 0.1) is 0 Å². The van der Waals surface area contributed by atoms with Crippen LogP contribution in [-0.2, 0) is 4.79 Å². The molecule has 1 N–H and O–H groups in total. The van der Waals surface area contributed by atoms with Crippen molar-refractivity contribution >= 4 is 17.4 Å². The van der Waals surface area contributed by atoms with Crippen LogP contribution in [-0.4, -0.2) is 11.7 Å². The van der Waals surface area contributed by atoms with Gasteiger partial charge < -0.3 is 5.32 Å². The van der Waals surface area contributed by atoms with Crippen molar-refractivity contribution in [3.63, 3.8) is 0 Å². The Labute approximate surface area is 176 Å². The van der Waals surface area contributed by atoms with Gasteiger partial charge in [0, 0.05) is 35.7 Å². The van der Waals surface area contributed by atoms with Gasteiger partial charge in [-0.05, 0) is 66.5 Å². The van der Waals surface area contributed by atoms with Gasteiger partial charge in [-0.1, -0.05) is 36.4 Å². The molecular weight excluding hydrogens is 385 g/mol. The highest BCUT2D eigenvalue weighted by Gasteiger charge is 2.37. The number of carbonyl (C=O) groups excluding carboxylic acids is 1. The van der Waals surface area contributed by atoms with E-state index in [1.54, 1.807) is 6.07 Å². The summed E-state index contributed by atoms with van der Waals surface area (Å²) in [6.07, 6.45) is 12.4. The number of hydrogen-bond donors (Lipinski definition) is 1. The minimum absolute atomic E-state index is 0.102. The standard InChI is InChI=1S/C25H25ClFNO/c1-15-6-9-20(21(27)10-15)24-16(2)14-28-22-11-19(12-23(29)25(22)24)18-5-3-4-17(13-26)7-8-18/h4-10,14,19,24,28H,3,11-13H2,1-2H3. The first-order chi connectivity index (χ1) is 14.0. The first-order valence-electron chi connectivity index (χ1n) is 10.1. The van der Waals surface area contributed by atoms with E-state index < -0.39 is 0 Å². The van der Waals surface area contributed by atoms with Crippen LogP contribution in [0.4, 0.5) is 4.39 Å². The largest absolute Gasteiger partial charge is 0.365 e. The number of alkyl halides is 1. The van der Waals surface area contributed by atoms with Gasteiger partial charge in [0.2, 0.25) is 0 Å². The predicted molar refractivity (Wildman–Crippen MR) is 116 cm³/mol. The van der Waals surface area contributed by atoms with Crippen molar-refractivity contribution in [3.8, 4) is 0 Å². The van der Waals surface area contributed by atoms with Crippen molar-refractivity contribution in [3.05, 3.63) is 93.6 Å². The molecule has 1 aromatic rings. The van der Waals surface area contributed by atoms with Gasteiger partial charge in [0.1, 0.15) is 5.82 Å². The second-order valence-electron chi connectivity index (χ2n) is 8.10. The molecule has 2 aliphatic carbocycles. The summed E-state index contributed by atoms with van der Waals surface area (Å²) in [5.74, 6) is 0.156. The van der Waals surface area contributed by atoms with E-state index in [1.807, 2.05) is 38.3 Å². The van der Waals surface area contributed by atoms with E-state index in [0.29, 0.717) is 17.9 Å². The Morgan fingerprint density at radius 1 is 1.17 bits per heavy atom. The molecule has 3 aliphatic rings. The molecule has 1 aliphatic heterocycles. The van der Waals surface area contributed by atoms with Crippen molar-refractivity contribution in [1.82, 2.24) is 5.32 Å². The number of Topliss-reactive ketones (excluding diaryl/α,β-unsaturated/α-hetero) is 1. The van der Waals surface area contributed by atoms with E-state index in [0.717, 1.165) is 40.8 Å². The minimum Gasteiger partial charge on any atom is -0.365 e. The Kier molecular flexibility index (Phi) is 5.60. The molecule has 0 bridgehead atoms. The number of halogens is 2. The van der Waals surface area contributed by atoms with Gasteiger partial charge in [-0.25, -0.2) is 4.39 Å². The summed E-state index contributed by atoms with van der Waals surface area (Å²) in [6, 6.07) is 5.27. The summed E-state index contributed by atoms with van der Waals surface area (Å²) >= 11 is 5.96. The maximum absolute atomic E-state index is 14.8. The number of dihydropyridines is 1. The lowest BCUT2D eigenvalue weighted by atomic mass is 9.72. The molecular formula is C25H25ClFNO. The summed E-state index contributed by atoms with van der Waals surface area (Å²) in [4.78, 5) is 13.3. The number of allylic oxidation sites excluding steroid dienone is 9. The minimum atomic E-state index is -0.316. The van der Waals surface area contributed by atoms with E-state index >= 15 is 0 Å². The molecule has 0 aromatic heterocycles. The average Bonchev–Trinajstić information content (AvgIpc) is 2.94.